The highest BCUT2D eigenvalue weighted by atomic mass is 16.4. The zero-order chi connectivity index (χ0) is 64.5. The van der Waals surface area contributed by atoms with Crippen LogP contribution in [0.3, 0.4) is 0 Å². The molecule has 8 atom stereocenters. The van der Waals surface area contributed by atoms with Crippen molar-refractivity contribution in [3.63, 3.8) is 0 Å². The first-order chi connectivity index (χ1) is 41.9. The number of carbonyl (C=O) groups is 12. The predicted octanol–water partition coefficient (Wildman–Crippen LogP) is -2.47. The molecule has 0 bridgehead atoms. The Hall–Kier alpha value is -9.29. The predicted molar refractivity (Wildman–Crippen MR) is 317 cm³/mol. The van der Waals surface area contributed by atoms with Crippen LogP contribution in [-0.2, 0) is 83.3 Å². The maximum atomic E-state index is 14.3. The van der Waals surface area contributed by atoms with E-state index in [1.54, 1.807) is 44.3 Å². The number of aliphatic carboxylic acids is 1. The van der Waals surface area contributed by atoms with Gasteiger partial charge in [0.15, 0.2) is 0 Å². The van der Waals surface area contributed by atoms with E-state index in [4.69, 9.17) is 22.3 Å². The third-order valence-electron chi connectivity index (χ3n) is 14.9. The fourth-order valence-electron chi connectivity index (χ4n) is 9.93. The summed E-state index contributed by atoms with van der Waals surface area (Å²) in [4.78, 5) is 169. The molecule has 0 radical (unpaired) electrons. The number of carbonyl (C=O) groups excluding carboxylic acids is 11. The van der Waals surface area contributed by atoms with E-state index < -0.39 is 132 Å². The Balaban J connectivity index is 1.22. The number of imidazole rings is 1. The van der Waals surface area contributed by atoms with Crippen LogP contribution in [0.5, 0.6) is 0 Å². The number of hydrogen-bond acceptors (Lipinski definition) is 16. The van der Waals surface area contributed by atoms with Crippen molar-refractivity contribution in [2.75, 3.05) is 13.1 Å². The Bertz CT molecular complexity index is 3050. The Morgan fingerprint density at radius 3 is 2.02 bits per heavy atom. The van der Waals surface area contributed by atoms with Crippen LogP contribution in [-0.4, -0.2) is 167 Å². The van der Waals surface area contributed by atoms with Gasteiger partial charge < -0.3 is 80.1 Å². The van der Waals surface area contributed by atoms with Crippen LogP contribution >= 0.6 is 0 Å². The minimum absolute atomic E-state index is 0.0899. The topological polar surface area (TPSA) is 487 Å². The third kappa shape index (κ3) is 22.9. The molecular weight excluding hydrogens is 1140 g/mol. The minimum atomic E-state index is -1.42. The summed E-state index contributed by atoms with van der Waals surface area (Å²) in [6, 6.07) is -2.85. The maximum Gasteiger partial charge on any atom is 0.320 e. The zero-order valence-electron chi connectivity index (χ0n) is 50.0. The minimum Gasteiger partial charge on any atom is -0.480 e. The van der Waals surface area contributed by atoms with Crippen LogP contribution in [0, 0.1) is 11.8 Å². The van der Waals surface area contributed by atoms with Crippen molar-refractivity contribution in [2.24, 2.45) is 29.0 Å². The molecule has 18 N–H and O–H groups in total. The number of carboxylic acids is 1. The lowest BCUT2D eigenvalue weighted by Crippen LogP contribution is -2.59. The van der Waals surface area contributed by atoms with E-state index in [0.717, 1.165) is 43.2 Å². The number of nitrogens with two attached hydrogens (primary N) is 3. The summed E-state index contributed by atoms with van der Waals surface area (Å²) in [5.74, 6) is -9.98. The van der Waals surface area contributed by atoms with Crippen molar-refractivity contribution in [3.05, 3.63) is 66.1 Å². The smallest absolute Gasteiger partial charge is 0.320 e. The van der Waals surface area contributed by atoms with Crippen molar-refractivity contribution in [1.82, 2.24) is 77.8 Å². The molecule has 0 spiro atoms. The van der Waals surface area contributed by atoms with E-state index in [2.05, 4.69) is 73.1 Å². The van der Waals surface area contributed by atoms with Gasteiger partial charge in [-0.2, -0.15) is 0 Å². The van der Waals surface area contributed by atoms with E-state index in [-0.39, 0.29) is 69.6 Å². The second-order valence-corrected chi connectivity index (χ2v) is 22.4. The maximum absolute atomic E-state index is 14.3. The van der Waals surface area contributed by atoms with Crippen LogP contribution in [0.4, 0.5) is 0 Å². The number of fused-ring (bicyclic) bond motifs is 1. The number of aromatic amines is 2. The van der Waals surface area contributed by atoms with Crippen molar-refractivity contribution in [2.45, 2.75) is 179 Å². The van der Waals surface area contributed by atoms with Crippen molar-refractivity contribution in [3.8, 4) is 0 Å². The molecule has 3 aromatic heterocycles. The van der Waals surface area contributed by atoms with E-state index in [0.29, 0.717) is 35.0 Å². The molecule has 0 saturated heterocycles. The molecule has 31 nitrogen and oxygen atoms in total. The first-order valence-electron chi connectivity index (χ1n) is 29.5. The molecule has 5 rings (SSSR count). The highest BCUT2D eigenvalue weighted by Crippen LogP contribution is 2.28. The number of benzene rings is 1. The lowest BCUT2D eigenvalue weighted by Gasteiger charge is -2.29. The number of hydrogen-bond donors (Lipinski definition) is 15. The standard InChI is InChI=1S/C57H84N18O13/c1-5-6-15-40(50(60)80)69-54(84)42(21-33-12-8-7-9-13-33)70-55(85)44(24-35-26-61-30-65-35)68-47(78)27-64-56(86)49(31(2)3)72-51(81)32(4)66-53(83)43(22-34-25-63-39-16-11-10-14-37(34)39)71-52(82)41(17-18-45(59)76)67-46(77)19-20-62-48(79)29-75-28-36(73-74-75)23-38(58)57(87)88/h10-11,14,16,25-26,28,30-33,38,40-44,49,63H,5-9,12-13,15,17-24,27,29,58H2,1-4H3,(H2,59,76)(H2,60,80)(H,61,65)(H,62,79)(H,64,86)(H,66,83)(H,67,77)(H,68,78)(H,69,84)(H,70,85)(H,71,82)(H,72,81)(H,87,88)/t32-,38-,40-,41-,42-,43-,44-,49-/m0/s1. The van der Waals surface area contributed by atoms with Crippen LogP contribution in [0.1, 0.15) is 122 Å². The molecule has 11 amide bonds. The molecule has 1 aliphatic rings. The quantitative estimate of drug-likeness (QED) is 0.0222. The Morgan fingerprint density at radius 2 is 1.35 bits per heavy atom. The number of carboxylic acid groups (broad SMARTS) is 1. The molecule has 4 aromatic rings. The van der Waals surface area contributed by atoms with Crippen LogP contribution in [0.2, 0.25) is 0 Å². The molecular formula is C57H84N18O13. The fourth-order valence-corrected chi connectivity index (χ4v) is 9.93. The molecule has 31 heteroatoms. The zero-order valence-corrected chi connectivity index (χ0v) is 50.0. The fraction of sp³-hybridized carbons (Fsp3) is 0.561. The SMILES string of the molecule is CCCC[C@H](NC(=O)[C@H](CC1CCCCC1)NC(=O)[C@H](Cc1cnc[nH]1)NC(=O)CNC(=O)[C@@H](NC(=O)[C@H](C)NC(=O)[C@H](Cc1c[nH]c2ccccc12)NC(=O)[C@H](CCC(N)=O)NC(=O)CCNC(=O)Cn1cc(C[C@H](N)C(=O)O)nn1)C(C)C)C(N)=O. The van der Waals surface area contributed by atoms with Gasteiger partial charge in [0.25, 0.3) is 0 Å². The van der Waals surface area contributed by atoms with Gasteiger partial charge in [0, 0.05) is 73.8 Å². The Labute approximate surface area is 507 Å². The van der Waals surface area contributed by atoms with E-state index in [1.165, 1.54) is 25.6 Å². The summed E-state index contributed by atoms with van der Waals surface area (Å²) in [6.07, 6.45) is 11.1. The Kier molecular flexibility index (Phi) is 27.4. The molecule has 88 heavy (non-hydrogen) atoms. The number of aromatic nitrogens is 6. The van der Waals surface area contributed by atoms with Gasteiger partial charge in [0.2, 0.25) is 65.0 Å². The van der Waals surface area contributed by atoms with Gasteiger partial charge in [-0.05, 0) is 49.7 Å². The summed E-state index contributed by atoms with van der Waals surface area (Å²) in [5.41, 5.74) is 18.6. The van der Waals surface area contributed by atoms with Gasteiger partial charge >= 0.3 is 5.97 Å². The van der Waals surface area contributed by atoms with Crippen LogP contribution in [0.15, 0.2) is 49.2 Å². The van der Waals surface area contributed by atoms with Gasteiger partial charge in [-0.15, -0.1) is 5.10 Å². The number of H-pyrrole nitrogens is 2. The molecule has 0 unspecified atom stereocenters. The molecule has 3 heterocycles. The first-order valence-corrected chi connectivity index (χ1v) is 29.5. The van der Waals surface area contributed by atoms with Gasteiger partial charge in [-0.25, -0.2) is 9.67 Å². The molecule has 1 fully saturated rings. The number of amides is 11. The van der Waals surface area contributed by atoms with Gasteiger partial charge in [0.05, 0.1) is 18.6 Å². The summed E-state index contributed by atoms with van der Waals surface area (Å²) in [6.45, 7) is 5.34. The van der Waals surface area contributed by atoms with Gasteiger partial charge in [0.1, 0.15) is 54.9 Å². The second kappa shape index (κ2) is 34.8. The number of para-hydroxylation sites is 1. The van der Waals surface area contributed by atoms with E-state index in [9.17, 15) is 57.5 Å². The van der Waals surface area contributed by atoms with Gasteiger partial charge in [-0.1, -0.05) is 89.1 Å². The summed E-state index contributed by atoms with van der Waals surface area (Å²) >= 11 is 0. The van der Waals surface area contributed by atoms with E-state index >= 15 is 0 Å². The third-order valence-corrected chi connectivity index (χ3v) is 14.9. The lowest BCUT2D eigenvalue weighted by atomic mass is 9.84. The molecule has 1 aromatic carbocycles. The average Bonchev–Trinajstić information content (AvgIpc) is 2.78. The van der Waals surface area contributed by atoms with Gasteiger partial charge in [-0.3, -0.25) is 57.5 Å². The molecule has 1 saturated carbocycles. The highest BCUT2D eigenvalue weighted by Gasteiger charge is 2.35. The molecule has 1 aliphatic carbocycles. The van der Waals surface area contributed by atoms with Crippen molar-refractivity contribution < 1.29 is 62.6 Å². The van der Waals surface area contributed by atoms with E-state index in [1.807, 2.05) is 6.92 Å². The van der Waals surface area contributed by atoms with Crippen molar-refractivity contribution in [1.29, 1.82) is 0 Å². The highest BCUT2D eigenvalue weighted by molar-refractivity contribution is 5.98. The van der Waals surface area contributed by atoms with Crippen LogP contribution in [0.25, 0.3) is 10.9 Å². The molecule has 480 valence electrons. The summed E-state index contributed by atoms with van der Waals surface area (Å²) in [7, 11) is 0. The molecule has 0 aliphatic heterocycles. The normalized spacial score (nSPS) is 15.2. The second-order valence-electron chi connectivity index (χ2n) is 22.4. The number of primary amides is 2. The number of nitrogens with zero attached hydrogens (tertiary/aromatic N) is 4. The number of nitrogens with one attached hydrogen (secondary N) is 11. The average molecular weight is 1230 g/mol. The largest absolute Gasteiger partial charge is 0.480 e. The lowest BCUT2D eigenvalue weighted by molar-refractivity contribution is -0.138. The number of unbranched alkanes of at least 4 members (excludes halogenated alkanes) is 1. The monoisotopic (exact) mass is 1230 g/mol. The first kappa shape index (κ1) is 69.5. The Morgan fingerprint density at radius 1 is 0.693 bits per heavy atom. The summed E-state index contributed by atoms with van der Waals surface area (Å²) in [5, 5.41) is 40.9. The number of rotatable bonds is 37. The van der Waals surface area contributed by atoms with Crippen molar-refractivity contribution >= 4 is 81.9 Å². The van der Waals surface area contributed by atoms with Crippen LogP contribution < -0.4 is 65.1 Å². The summed E-state index contributed by atoms with van der Waals surface area (Å²) < 4.78 is 1.15.